The van der Waals surface area contributed by atoms with E-state index in [-0.39, 0.29) is 11.9 Å². The highest BCUT2D eigenvalue weighted by atomic mass is 32.1. The first-order chi connectivity index (χ1) is 17.1. The Bertz CT molecular complexity index is 1240. The molecule has 4 aromatic rings. The fraction of sp³-hybridized carbons (Fsp3) is 0.310. The Balaban J connectivity index is 1.42. The van der Waals surface area contributed by atoms with Crippen LogP contribution < -0.4 is 5.32 Å². The number of pyridine rings is 1. The number of amides is 1. The van der Waals surface area contributed by atoms with Crippen molar-refractivity contribution < 1.29 is 9.21 Å². The second-order valence-corrected chi connectivity index (χ2v) is 10.5. The Labute approximate surface area is 210 Å². The van der Waals surface area contributed by atoms with Gasteiger partial charge in [0.2, 0.25) is 0 Å². The monoisotopic (exact) mass is 485 g/mol. The lowest BCUT2D eigenvalue weighted by Crippen LogP contribution is -2.38. The first kappa shape index (κ1) is 23.5. The van der Waals surface area contributed by atoms with E-state index in [0.29, 0.717) is 11.7 Å². The molecule has 1 atom stereocenters. The van der Waals surface area contributed by atoms with Gasteiger partial charge in [-0.1, -0.05) is 36.4 Å². The lowest BCUT2D eigenvalue weighted by molar-refractivity contribution is 0.0996. The third kappa shape index (κ3) is 5.24. The van der Waals surface area contributed by atoms with Crippen LogP contribution in [0.4, 0.5) is 5.00 Å². The van der Waals surface area contributed by atoms with Crippen molar-refractivity contribution in [2.24, 2.45) is 5.92 Å². The number of hydrogen-bond donors (Lipinski definition) is 1. The normalized spacial score (nSPS) is 15.7. The summed E-state index contributed by atoms with van der Waals surface area (Å²) in [6.07, 6.45) is 8.75. The minimum absolute atomic E-state index is 0.0400. The van der Waals surface area contributed by atoms with E-state index in [1.807, 2.05) is 18.5 Å². The molecule has 0 radical (unpaired) electrons. The SMILES string of the molecule is Cc1sc(NC(=O)c2ccco2)c([C@@H](c2cccnc2)N2CCC(Cc3ccccc3)CC2)c1C. The number of likely N-dealkylation sites (tertiary alicyclic amines) is 1. The Morgan fingerprint density at radius 1 is 1.11 bits per heavy atom. The van der Waals surface area contributed by atoms with Gasteiger partial charge in [-0.05, 0) is 87.0 Å². The zero-order valence-corrected chi connectivity index (χ0v) is 21.1. The predicted octanol–water partition coefficient (Wildman–Crippen LogP) is 6.65. The van der Waals surface area contributed by atoms with Crippen molar-refractivity contribution in [3.05, 3.63) is 106 Å². The van der Waals surface area contributed by atoms with Crippen LogP contribution in [-0.2, 0) is 6.42 Å². The van der Waals surface area contributed by atoms with Crippen LogP contribution in [0.3, 0.4) is 0 Å². The molecule has 1 saturated heterocycles. The number of rotatable bonds is 7. The first-order valence-corrected chi connectivity index (χ1v) is 13.0. The van der Waals surface area contributed by atoms with E-state index in [4.69, 9.17) is 4.42 Å². The van der Waals surface area contributed by atoms with Gasteiger partial charge in [0.25, 0.3) is 5.91 Å². The maximum Gasteiger partial charge on any atom is 0.291 e. The van der Waals surface area contributed by atoms with Gasteiger partial charge in [-0.2, -0.15) is 0 Å². The maximum absolute atomic E-state index is 12.9. The number of carbonyl (C=O) groups excluding carboxylic acids is 1. The molecule has 0 bridgehead atoms. The first-order valence-electron chi connectivity index (χ1n) is 12.2. The zero-order valence-electron chi connectivity index (χ0n) is 20.2. The van der Waals surface area contributed by atoms with Gasteiger partial charge in [-0.3, -0.25) is 14.7 Å². The average Bonchev–Trinajstić information content (AvgIpc) is 3.52. The molecule has 3 aromatic heterocycles. The lowest BCUT2D eigenvalue weighted by atomic mass is 9.87. The number of nitrogens with zero attached hydrogens (tertiary/aromatic N) is 2. The van der Waals surface area contributed by atoms with Gasteiger partial charge in [0.05, 0.1) is 12.3 Å². The number of furan rings is 1. The number of benzene rings is 1. The summed E-state index contributed by atoms with van der Waals surface area (Å²) in [5.74, 6) is 0.787. The summed E-state index contributed by atoms with van der Waals surface area (Å²) in [6.45, 7) is 6.31. The molecule has 5 rings (SSSR count). The molecule has 5 nitrogen and oxygen atoms in total. The summed E-state index contributed by atoms with van der Waals surface area (Å²) in [7, 11) is 0. The molecule has 6 heteroatoms. The maximum atomic E-state index is 12.9. The second-order valence-electron chi connectivity index (χ2n) is 9.32. The van der Waals surface area contributed by atoms with Crippen LogP contribution in [0, 0.1) is 19.8 Å². The molecule has 4 heterocycles. The van der Waals surface area contributed by atoms with Crippen LogP contribution in [0.15, 0.2) is 77.7 Å². The van der Waals surface area contributed by atoms with Crippen LogP contribution >= 0.6 is 11.3 Å². The highest BCUT2D eigenvalue weighted by Crippen LogP contribution is 2.43. The number of piperidine rings is 1. The van der Waals surface area contributed by atoms with E-state index in [1.54, 1.807) is 23.5 Å². The number of aryl methyl sites for hydroxylation is 1. The number of carbonyl (C=O) groups is 1. The lowest BCUT2D eigenvalue weighted by Gasteiger charge is -2.38. The smallest absolute Gasteiger partial charge is 0.291 e. The van der Waals surface area contributed by atoms with E-state index >= 15 is 0 Å². The number of aromatic nitrogens is 1. The molecule has 1 N–H and O–H groups in total. The van der Waals surface area contributed by atoms with Gasteiger partial charge in [-0.25, -0.2) is 0 Å². The molecular weight excluding hydrogens is 454 g/mol. The standard InChI is InChI=1S/C29H31N3O2S/c1-20-21(2)35-29(31-28(33)25-11-7-17-34-25)26(20)27(24-10-6-14-30-19-24)32-15-12-23(13-16-32)18-22-8-4-3-5-9-22/h3-11,14,17,19,23,27H,12-13,15-16,18H2,1-2H3,(H,31,33)/t27-/m1/s1. The third-order valence-electron chi connectivity index (χ3n) is 7.06. The second kappa shape index (κ2) is 10.6. The summed E-state index contributed by atoms with van der Waals surface area (Å²) in [4.78, 5) is 21.1. The molecule has 0 unspecified atom stereocenters. The van der Waals surface area contributed by atoms with Crippen molar-refractivity contribution in [2.45, 2.75) is 39.2 Å². The minimum Gasteiger partial charge on any atom is -0.459 e. The van der Waals surface area contributed by atoms with Crippen LogP contribution in [0.2, 0.25) is 0 Å². The van der Waals surface area contributed by atoms with Crippen molar-refractivity contribution in [2.75, 3.05) is 18.4 Å². The summed E-state index contributed by atoms with van der Waals surface area (Å²) in [6, 6.07) is 18.4. The molecule has 1 fully saturated rings. The Morgan fingerprint density at radius 2 is 1.91 bits per heavy atom. The molecule has 0 aliphatic carbocycles. The highest BCUT2D eigenvalue weighted by molar-refractivity contribution is 7.16. The summed E-state index contributed by atoms with van der Waals surface area (Å²) in [5, 5.41) is 4.03. The number of nitrogens with one attached hydrogen (secondary N) is 1. The third-order valence-corrected chi connectivity index (χ3v) is 8.20. The molecule has 1 amide bonds. The van der Waals surface area contributed by atoms with E-state index in [0.717, 1.165) is 42.9 Å². The Kier molecular flexibility index (Phi) is 7.11. The molecule has 1 aromatic carbocycles. The average molecular weight is 486 g/mol. The van der Waals surface area contributed by atoms with Crippen LogP contribution in [-0.4, -0.2) is 28.9 Å². The number of thiophene rings is 1. The minimum atomic E-state index is -0.219. The van der Waals surface area contributed by atoms with Crippen molar-refractivity contribution >= 4 is 22.2 Å². The Hall–Kier alpha value is -3.22. The van der Waals surface area contributed by atoms with Crippen molar-refractivity contribution in [3.63, 3.8) is 0 Å². The molecule has 180 valence electrons. The molecule has 1 aliphatic rings. The quantitative estimate of drug-likeness (QED) is 0.318. The van der Waals surface area contributed by atoms with E-state index in [2.05, 4.69) is 65.4 Å². The van der Waals surface area contributed by atoms with E-state index in [9.17, 15) is 4.79 Å². The van der Waals surface area contributed by atoms with Crippen molar-refractivity contribution in [3.8, 4) is 0 Å². The van der Waals surface area contributed by atoms with Gasteiger partial charge in [0.15, 0.2) is 5.76 Å². The molecule has 0 spiro atoms. The predicted molar refractivity (Wildman–Crippen MR) is 141 cm³/mol. The summed E-state index contributed by atoms with van der Waals surface area (Å²) >= 11 is 1.64. The Morgan fingerprint density at radius 3 is 2.60 bits per heavy atom. The van der Waals surface area contributed by atoms with Gasteiger partial charge >= 0.3 is 0 Å². The number of hydrogen-bond acceptors (Lipinski definition) is 5. The zero-order chi connectivity index (χ0) is 24.2. The fourth-order valence-corrected chi connectivity index (χ4v) is 6.19. The molecule has 1 aliphatic heterocycles. The van der Waals surface area contributed by atoms with Crippen LogP contribution in [0.5, 0.6) is 0 Å². The fourth-order valence-electron chi connectivity index (χ4n) is 5.10. The summed E-state index contributed by atoms with van der Waals surface area (Å²) in [5.41, 5.74) is 4.97. The largest absolute Gasteiger partial charge is 0.459 e. The topological polar surface area (TPSA) is 58.4 Å². The van der Waals surface area contributed by atoms with Gasteiger partial charge < -0.3 is 9.73 Å². The van der Waals surface area contributed by atoms with Gasteiger partial charge in [0, 0.05) is 22.8 Å². The molecule has 35 heavy (non-hydrogen) atoms. The van der Waals surface area contributed by atoms with Crippen molar-refractivity contribution in [1.82, 2.24) is 9.88 Å². The summed E-state index contributed by atoms with van der Waals surface area (Å²) < 4.78 is 5.34. The van der Waals surface area contributed by atoms with E-state index < -0.39 is 0 Å². The van der Waals surface area contributed by atoms with E-state index in [1.165, 1.54) is 27.8 Å². The van der Waals surface area contributed by atoms with Crippen molar-refractivity contribution in [1.29, 1.82) is 0 Å². The van der Waals surface area contributed by atoms with Gasteiger partial charge in [-0.15, -0.1) is 11.3 Å². The van der Waals surface area contributed by atoms with Gasteiger partial charge in [0.1, 0.15) is 5.00 Å². The number of anilines is 1. The van der Waals surface area contributed by atoms with Crippen LogP contribution in [0.25, 0.3) is 0 Å². The van der Waals surface area contributed by atoms with Crippen LogP contribution in [0.1, 0.15) is 56.6 Å². The molecular formula is C29H31N3O2S. The molecule has 0 saturated carbocycles. The highest BCUT2D eigenvalue weighted by Gasteiger charge is 2.32.